The lowest BCUT2D eigenvalue weighted by Gasteiger charge is -2.09. The van der Waals surface area contributed by atoms with Crippen LogP contribution in [0.1, 0.15) is 10.4 Å². The van der Waals surface area contributed by atoms with E-state index in [1.54, 1.807) is 12.1 Å². The van der Waals surface area contributed by atoms with Crippen molar-refractivity contribution in [3.8, 4) is 0 Å². The lowest BCUT2D eigenvalue weighted by atomic mass is 10.2. The lowest BCUT2D eigenvalue weighted by Crippen LogP contribution is -2.14. The second kappa shape index (κ2) is 5.36. The number of anilines is 2. The number of benzene rings is 2. The molecule has 0 spiro atoms. The van der Waals surface area contributed by atoms with E-state index in [-0.39, 0.29) is 11.3 Å². The summed E-state index contributed by atoms with van der Waals surface area (Å²) in [7, 11) is 0. The molecular formula is C13H9BrF2N2O. The highest BCUT2D eigenvalue weighted by Crippen LogP contribution is 2.25. The molecule has 2 aromatic carbocycles. The van der Waals surface area contributed by atoms with Crippen molar-refractivity contribution in [3.63, 3.8) is 0 Å². The quantitative estimate of drug-likeness (QED) is 0.829. The number of rotatable bonds is 2. The summed E-state index contributed by atoms with van der Waals surface area (Å²) in [5.41, 5.74) is 6.04. The van der Waals surface area contributed by atoms with Gasteiger partial charge in [0.05, 0.1) is 15.7 Å². The molecule has 2 rings (SSSR count). The van der Waals surface area contributed by atoms with Crippen LogP contribution in [0.25, 0.3) is 0 Å². The zero-order valence-electron chi connectivity index (χ0n) is 9.58. The highest BCUT2D eigenvalue weighted by molar-refractivity contribution is 9.10. The SMILES string of the molecule is Nc1cccc(C(=O)Nc2cc(F)ccc2F)c1Br. The minimum Gasteiger partial charge on any atom is -0.398 e. The van der Waals surface area contributed by atoms with Gasteiger partial charge in [0.25, 0.3) is 5.91 Å². The Morgan fingerprint density at radius 3 is 2.68 bits per heavy atom. The normalized spacial score (nSPS) is 10.3. The predicted octanol–water partition coefficient (Wildman–Crippen LogP) is 3.56. The van der Waals surface area contributed by atoms with E-state index in [1.807, 2.05) is 0 Å². The third-order valence-corrected chi connectivity index (χ3v) is 3.33. The second-order valence-corrected chi connectivity index (χ2v) is 4.58. The number of nitrogens with two attached hydrogens (primary N) is 1. The van der Waals surface area contributed by atoms with Gasteiger partial charge in [-0.15, -0.1) is 0 Å². The molecule has 0 heterocycles. The summed E-state index contributed by atoms with van der Waals surface area (Å²) in [6.07, 6.45) is 0. The van der Waals surface area contributed by atoms with E-state index in [0.29, 0.717) is 10.2 Å². The van der Waals surface area contributed by atoms with E-state index in [2.05, 4.69) is 21.2 Å². The Hall–Kier alpha value is -1.95. The highest BCUT2D eigenvalue weighted by atomic mass is 79.9. The fraction of sp³-hybridized carbons (Fsp3) is 0. The van der Waals surface area contributed by atoms with Crippen molar-refractivity contribution in [2.75, 3.05) is 11.1 Å². The van der Waals surface area contributed by atoms with Gasteiger partial charge in [-0.25, -0.2) is 8.78 Å². The van der Waals surface area contributed by atoms with Gasteiger partial charge < -0.3 is 11.1 Å². The van der Waals surface area contributed by atoms with E-state index >= 15 is 0 Å². The predicted molar refractivity (Wildman–Crippen MR) is 72.9 cm³/mol. The number of halogens is 3. The summed E-state index contributed by atoms with van der Waals surface area (Å²) < 4.78 is 26.8. The summed E-state index contributed by atoms with van der Waals surface area (Å²) in [5.74, 6) is -1.93. The molecule has 0 aliphatic heterocycles. The van der Waals surface area contributed by atoms with E-state index < -0.39 is 17.5 Å². The first-order chi connectivity index (χ1) is 8.99. The monoisotopic (exact) mass is 326 g/mol. The molecule has 2 aromatic rings. The molecule has 1 amide bonds. The zero-order chi connectivity index (χ0) is 14.0. The summed E-state index contributed by atoms with van der Waals surface area (Å²) in [5, 5.41) is 2.30. The Morgan fingerprint density at radius 1 is 1.21 bits per heavy atom. The van der Waals surface area contributed by atoms with Gasteiger partial charge in [0.15, 0.2) is 0 Å². The van der Waals surface area contributed by atoms with Crippen molar-refractivity contribution in [1.82, 2.24) is 0 Å². The molecule has 6 heteroatoms. The van der Waals surface area contributed by atoms with Crippen LogP contribution >= 0.6 is 15.9 Å². The van der Waals surface area contributed by atoms with Crippen LogP contribution in [0, 0.1) is 11.6 Å². The molecule has 0 aliphatic rings. The van der Waals surface area contributed by atoms with Gasteiger partial charge in [0.2, 0.25) is 0 Å². The third kappa shape index (κ3) is 2.90. The highest BCUT2D eigenvalue weighted by Gasteiger charge is 2.14. The average Bonchev–Trinajstić information content (AvgIpc) is 2.37. The van der Waals surface area contributed by atoms with Crippen LogP contribution in [0.3, 0.4) is 0 Å². The molecule has 0 atom stereocenters. The molecule has 0 aromatic heterocycles. The maximum Gasteiger partial charge on any atom is 0.256 e. The largest absolute Gasteiger partial charge is 0.398 e. The van der Waals surface area contributed by atoms with E-state index in [0.717, 1.165) is 18.2 Å². The number of amides is 1. The Balaban J connectivity index is 2.31. The van der Waals surface area contributed by atoms with Crippen LogP contribution in [-0.2, 0) is 0 Å². The number of nitrogens with one attached hydrogen (secondary N) is 1. The first-order valence-corrected chi connectivity index (χ1v) is 6.08. The molecular weight excluding hydrogens is 318 g/mol. The van der Waals surface area contributed by atoms with E-state index in [1.165, 1.54) is 6.07 Å². The third-order valence-electron chi connectivity index (χ3n) is 2.45. The van der Waals surface area contributed by atoms with Crippen LogP contribution in [0.5, 0.6) is 0 Å². The van der Waals surface area contributed by atoms with E-state index in [4.69, 9.17) is 5.73 Å². The molecule has 0 saturated heterocycles. The minimum absolute atomic E-state index is 0.223. The summed E-state index contributed by atoms with van der Waals surface area (Å²) >= 11 is 3.17. The van der Waals surface area contributed by atoms with Crippen LogP contribution in [-0.4, -0.2) is 5.91 Å². The van der Waals surface area contributed by atoms with Crippen molar-refractivity contribution >= 4 is 33.2 Å². The smallest absolute Gasteiger partial charge is 0.256 e. The number of hydrogen-bond donors (Lipinski definition) is 2. The minimum atomic E-state index is -0.713. The topological polar surface area (TPSA) is 55.1 Å². The van der Waals surface area contributed by atoms with Gasteiger partial charge in [-0.1, -0.05) is 6.07 Å². The van der Waals surface area contributed by atoms with Crippen molar-refractivity contribution in [1.29, 1.82) is 0 Å². The van der Waals surface area contributed by atoms with Gasteiger partial charge in [-0.05, 0) is 40.2 Å². The maximum atomic E-state index is 13.4. The standard InChI is InChI=1S/C13H9BrF2N2O/c14-12-8(2-1-3-10(12)17)13(19)18-11-6-7(15)4-5-9(11)16/h1-6H,17H2,(H,18,19). The summed E-state index contributed by atoms with van der Waals surface area (Å²) in [6, 6.07) is 7.56. The fourth-order valence-electron chi connectivity index (χ4n) is 1.51. The van der Waals surface area contributed by atoms with Crippen LogP contribution < -0.4 is 11.1 Å². The Labute approximate surface area is 116 Å². The number of hydrogen-bond acceptors (Lipinski definition) is 2. The summed E-state index contributed by atoms with van der Waals surface area (Å²) in [6.45, 7) is 0. The Morgan fingerprint density at radius 2 is 1.95 bits per heavy atom. The van der Waals surface area contributed by atoms with E-state index in [9.17, 15) is 13.6 Å². The molecule has 3 nitrogen and oxygen atoms in total. The molecule has 0 aliphatic carbocycles. The average molecular weight is 327 g/mol. The number of carbonyl (C=O) groups is 1. The first-order valence-electron chi connectivity index (χ1n) is 5.29. The Bertz CT molecular complexity index is 647. The van der Waals surface area contributed by atoms with Gasteiger partial charge >= 0.3 is 0 Å². The van der Waals surface area contributed by atoms with Gasteiger partial charge in [-0.2, -0.15) is 0 Å². The zero-order valence-corrected chi connectivity index (χ0v) is 11.2. The number of carbonyl (C=O) groups excluding carboxylic acids is 1. The first kappa shape index (κ1) is 13.5. The molecule has 0 saturated carbocycles. The molecule has 0 fully saturated rings. The van der Waals surface area contributed by atoms with Gasteiger partial charge in [-0.3, -0.25) is 4.79 Å². The van der Waals surface area contributed by atoms with Crippen molar-refractivity contribution < 1.29 is 13.6 Å². The lowest BCUT2D eigenvalue weighted by molar-refractivity contribution is 0.102. The molecule has 3 N–H and O–H groups in total. The van der Waals surface area contributed by atoms with Crippen LogP contribution in [0.4, 0.5) is 20.2 Å². The van der Waals surface area contributed by atoms with Crippen molar-refractivity contribution in [3.05, 3.63) is 58.1 Å². The molecule has 19 heavy (non-hydrogen) atoms. The van der Waals surface area contributed by atoms with Crippen molar-refractivity contribution in [2.24, 2.45) is 0 Å². The van der Waals surface area contributed by atoms with Gasteiger partial charge in [0.1, 0.15) is 11.6 Å². The Kier molecular flexibility index (Phi) is 3.80. The molecule has 98 valence electrons. The summed E-state index contributed by atoms with van der Waals surface area (Å²) in [4.78, 5) is 12.0. The maximum absolute atomic E-state index is 13.4. The number of nitrogen functional groups attached to an aromatic ring is 1. The van der Waals surface area contributed by atoms with Crippen LogP contribution in [0.15, 0.2) is 40.9 Å². The van der Waals surface area contributed by atoms with Gasteiger partial charge in [0, 0.05) is 11.8 Å². The van der Waals surface area contributed by atoms with Crippen molar-refractivity contribution in [2.45, 2.75) is 0 Å². The molecule has 0 bridgehead atoms. The fourth-order valence-corrected chi connectivity index (χ4v) is 1.95. The molecule has 0 unspecified atom stereocenters. The molecule has 0 radical (unpaired) electrons. The van der Waals surface area contributed by atoms with Crippen LogP contribution in [0.2, 0.25) is 0 Å². The second-order valence-electron chi connectivity index (χ2n) is 3.79.